The van der Waals surface area contributed by atoms with E-state index in [9.17, 15) is 0 Å². The molecular formula is C14H19N5O. The second-order valence-electron chi connectivity index (χ2n) is 4.88. The van der Waals surface area contributed by atoms with Crippen LogP contribution in [0.15, 0.2) is 41.8 Å². The van der Waals surface area contributed by atoms with Gasteiger partial charge in [-0.25, -0.2) is 0 Å². The van der Waals surface area contributed by atoms with Gasteiger partial charge in [0.1, 0.15) is 0 Å². The number of nitrogens with two attached hydrogens (primary N) is 1. The van der Waals surface area contributed by atoms with Gasteiger partial charge >= 0.3 is 0 Å². The Morgan fingerprint density at radius 3 is 2.50 bits per heavy atom. The number of benzene rings is 1. The third-order valence-corrected chi connectivity index (χ3v) is 3.02. The number of hydrogen-bond donors (Lipinski definition) is 2. The maximum absolute atomic E-state index is 8.62. The standard InChI is InChI=1S/C14H19N5O/c1-18(9-12-7-16-19(2)10-12)8-11-3-5-13(6-4-11)14(15)17-20/h3-7,10,20H,8-9H2,1-2H3,(H2,15,17). The first-order valence-electron chi connectivity index (χ1n) is 6.31. The van der Waals surface area contributed by atoms with E-state index >= 15 is 0 Å². The lowest BCUT2D eigenvalue weighted by molar-refractivity contribution is 0.318. The first-order valence-corrected chi connectivity index (χ1v) is 6.31. The van der Waals surface area contributed by atoms with E-state index in [1.807, 2.05) is 43.7 Å². The van der Waals surface area contributed by atoms with Crippen LogP contribution in [0.25, 0.3) is 0 Å². The lowest BCUT2D eigenvalue weighted by Crippen LogP contribution is -2.17. The molecule has 0 fully saturated rings. The zero-order valence-electron chi connectivity index (χ0n) is 11.7. The predicted molar refractivity (Wildman–Crippen MR) is 77.3 cm³/mol. The van der Waals surface area contributed by atoms with Gasteiger partial charge in [0.15, 0.2) is 5.84 Å². The summed E-state index contributed by atoms with van der Waals surface area (Å²) in [5.74, 6) is 0.125. The third-order valence-electron chi connectivity index (χ3n) is 3.02. The van der Waals surface area contributed by atoms with Crippen LogP contribution in [0.4, 0.5) is 0 Å². The van der Waals surface area contributed by atoms with E-state index in [-0.39, 0.29) is 5.84 Å². The molecule has 0 aliphatic rings. The van der Waals surface area contributed by atoms with Crippen molar-refractivity contribution in [1.29, 1.82) is 0 Å². The Bertz CT molecular complexity index is 588. The molecule has 0 radical (unpaired) electrons. The highest BCUT2D eigenvalue weighted by molar-refractivity contribution is 5.96. The summed E-state index contributed by atoms with van der Waals surface area (Å²) >= 11 is 0. The normalized spacial score (nSPS) is 12.1. The summed E-state index contributed by atoms with van der Waals surface area (Å²) in [7, 11) is 3.97. The van der Waals surface area contributed by atoms with Crippen molar-refractivity contribution in [3.63, 3.8) is 0 Å². The second-order valence-corrected chi connectivity index (χ2v) is 4.88. The summed E-state index contributed by atoms with van der Waals surface area (Å²) < 4.78 is 1.80. The van der Waals surface area contributed by atoms with Crippen molar-refractivity contribution in [1.82, 2.24) is 14.7 Å². The minimum Gasteiger partial charge on any atom is -0.409 e. The molecule has 106 valence electrons. The number of nitrogens with zero attached hydrogens (tertiary/aromatic N) is 4. The van der Waals surface area contributed by atoms with Crippen LogP contribution in [0.3, 0.4) is 0 Å². The molecule has 0 saturated heterocycles. The topological polar surface area (TPSA) is 79.7 Å². The van der Waals surface area contributed by atoms with Crippen molar-refractivity contribution in [3.05, 3.63) is 53.3 Å². The number of hydrogen-bond acceptors (Lipinski definition) is 4. The highest BCUT2D eigenvalue weighted by atomic mass is 16.4. The van der Waals surface area contributed by atoms with Gasteiger partial charge in [0, 0.05) is 37.5 Å². The van der Waals surface area contributed by atoms with E-state index in [2.05, 4.69) is 22.2 Å². The second kappa shape index (κ2) is 6.21. The Hall–Kier alpha value is -2.34. The number of aryl methyl sites for hydroxylation is 1. The molecule has 1 heterocycles. The third kappa shape index (κ3) is 3.58. The Labute approximate surface area is 118 Å². The molecule has 0 unspecified atom stereocenters. The number of amidine groups is 1. The molecule has 0 saturated carbocycles. The van der Waals surface area contributed by atoms with Crippen molar-refractivity contribution in [2.75, 3.05) is 7.05 Å². The predicted octanol–water partition coefficient (Wildman–Crippen LogP) is 1.15. The fourth-order valence-corrected chi connectivity index (χ4v) is 2.07. The summed E-state index contributed by atoms with van der Waals surface area (Å²) in [6, 6.07) is 7.66. The minimum absolute atomic E-state index is 0.125. The van der Waals surface area contributed by atoms with E-state index in [4.69, 9.17) is 10.9 Å². The molecule has 2 rings (SSSR count). The van der Waals surface area contributed by atoms with Gasteiger partial charge in [0.05, 0.1) is 6.20 Å². The Morgan fingerprint density at radius 1 is 1.30 bits per heavy atom. The Morgan fingerprint density at radius 2 is 1.95 bits per heavy atom. The van der Waals surface area contributed by atoms with Crippen LogP contribution in [0.5, 0.6) is 0 Å². The zero-order chi connectivity index (χ0) is 14.5. The van der Waals surface area contributed by atoms with Gasteiger partial charge in [0.25, 0.3) is 0 Å². The van der Waals surface area contributed by atoms with Crippen LogP contribution in [0.2, 0.25) is 0 Å². The van der Waals surface area contributed by atoms with Crippen molar-refractivity contribution < 1.29 is 5.21 Å². The molecule has 1 aromatic carbocycles. The summed E-state index contributed by atoms with van der Waals surface area (Å²) in [6.07, 6.45) is 3.88. The van der Waals surface area contributed by atoms with E-state index in [0.717, 1.165) is 13.1 Å². The van der Waals surface area contributed by atoms with Gasteiger partial charge in [-0.15, -0.1) is 0 Å². The average molecular weight is 273 g/mol. The molecule has 3 N–H and O–H groups in total. The molecule has 0 aliphatic carbocycles. The molecular weight excluding hydrogens is 254 g/mol. The van der Waals surface area contributed by atoms with Gasteiger partial charge in [-0.2, -0.15) is 5.10 Å². The van der Waals surface area contributed by atoms with Crippen LogP contribution in [-0.2, 0) is 20.1 Å². The van der Waals surface area contributed by atoms with Crippen LogP contribution >= 0.6 is 0 Å². The lowest BCUT2D eigenvalue weighted by Gasteiger charge is -2.15. The average Bonchev–Trinajstić information content (AvgIpc) is 2.84. The first kappa shape index (κ1) is 14.1. The molecule has 0 amide bonds. The fourth-order valence-electron chi connectivity index (χ4n) is 2.07. The first-order chi connectivity index (χ1) is 9.58. The SMILES string of the molecule is CN(Cc1ccc(C(N)=NO)cc1)Cc1cnn(C)c1. The molecule has 6 heteroatoms. The molecule has 20 heavy (non-hydrogen) atoms. The Kier molecular flexibility index (Phi) is 4.37. The monoisotopic (exact) mass is 273 g/mol. The minimum atomic E-state index is 0.125. The van der Waals surface area contributed by atoms with Crippen molar-refractivity contribution in [3.8, 4) is 0 Å². The highest BCUT2D eigenvalue weighted by Gasteiger charge is 2.04. The maximum Gasteiger partial charge on any atom is 0.170 e. The number of oxime groups is 1. The zero-order valence-corrected chi connectivity index (χ0v) is 11.7. The molecule has 2 aromatic rings. The fraction of sp³-hybridized carbons (Fsp3) is 0.286. The summed E-state index contributed by atoms with van der Waals surface area (Å²) in [5, 5.41) is 15.8. The molecule has 0 bridgehead atoms. The lowest BCUT2D eigenvalue weighted by atomic mass is 10.1. The van der Waals surface area contributed by atoms with Crippen LogP contribution < -0.4 is 5.73 Å². The van der Waals surface area contributed by atoms with E-state index in [0.29, 0.717) is 5.56 Å². The van der Waals surface area contributed by atoms with Gasteiger partial charge < -0.3 is 10.9 Å². The summed E-state index contributed by atoms with van der Waals surface area (Å²) in [6.45, 7) is 1.67. The van der Waals surface area contributed by atoms with Gasteiger partial charge in [-0.3, -0.25) is 9.58 Å². The van der Waals surface area contributed by atoms with Crippen LogP contribution in [0.1, 0.15) is 16.7 Å². The molecule has 6 nitrogen and oxygen atoms in total. The van der Waals surface area contributed by atoms with Gasteiger partial charge in [0.2, 0.25) is 0 Å². The molecule has 0 spiro atoms. The van der Waals surface area contributed by atoms with Crippen molar-refractivity contribution in [2.45, 2.75) is 13.1 Å². The smallest absolute Gasteiger partial charge is 0.170 e. The molecule has 0 atom stereocenters. The largest absolute Gasteiger partial charge is 0.409 e. The molecule has 1 aromatic heterocycles. The maximum atomic E-state index is 8.62. The van der Waals surface area contributed by atoms with Crippen molar-refractivity contribution in [2.24, 2.45) is 17.9 Å². The van der Waals surface area contributed by atoms with Gasteiger partial charge in [-0.05, 0) is 12.6 Å². The summed E-state index contributed by atoms with van der Waals surface area (Å²) in [5.41, 5.74) is 8.60. The van der Waals surface area contributed by atoms with Crippen molar-refractivity contribution >= 4 is 5.84 Å². The highest BCUT2D eigenvalue weighted by Crippen LogP contribution is 2.09. The van der Waals surface area contributed by atoms with E-state index < -0.39 is 0 Å². The van der Waals surface area contributed by atoms with Crippen LogP contribution in [-0.4, -0.2) is 32.8 Å². The van der Waals surface area contributed by atoms with E-state index in [1.54, 1.807) is 4.68 Å². The number of aromatic nitrogens is 2. The molecule has 0 aliphatic heterocycles. The summed E-state index contributed by atoms with van der Waals surface area (Å²) in [4.78, 5) is 2.20. The van der Waals surface area contributed by atoms with E-state index in [1.165, 1.54) is 11.1 Å². The van der Waals surface area contributed by atoms with Crippen LogP contribution in [0, 0.1) is 0 Å². The quantitative estimate of drug-likeness (QED) is 0.370. The van der Waals surface area contributed by atoms with Gasteiger partial charge in [-0.1, -0.05) is 29.4 Å². The Balaban J connectivity index is 1.95. The number of rotatable bonds is 5.